The number of hydrogen-bond acceptors (Lipinski definition) is 9. The van der Waals surface area contributed by atoms with Crippen LogP contribution < -0.4 is 18.9 Å². The monoisotopic (exact) mass is 600 g/mol. The Balaban J connectivity index is 1.43. The minimum Gasteiger partial charge on any atom is -0.494 e. The van der Waals surface area contributed by atoms with Gasteiger partial charge in [-0.25, -0.2) is 14.4 Å². The Kier molecular flexibility index (Phi) is 12.8. The van der Waals surface area contributed by atoms with Gasteiger partial charge in [-0.3, -0.25) is 0 Å². The highest BCUT2D eigenvalue weighted by atomic mass is 16.5. The summed E-state index contributed by atoms with van der Waals surface area (Å²) in [5.41, 5.74) is 0.680. The second-order valence-electron chi connectivity index (χ2n) is 9.95. The van der Waals surface area contributed by atoms with Gasteiger partial charge in [-0.2, -0.15) is 0 Å². The van der Waals surface area contributed by atoms with Crippen molar-refractivity contribution in [2.24, 2.45) is 11.8 Å². The topological polar surface area (TPSA) is 107 Å². The number of carbonyl (C=O) groups excluding carboxylic acids is 3. The minimum absolute atomic E-state index is 0.0271. The molecule has 230 valence electrons. The third-order valence-electron chi connectivity index (χ3n) is 5.95. The van der Waals surface area contributed by atoms with Gasteiger partial charge < -0.3 is 28.4 Å². The van der Waals surface area contributed by atoms with Gasteiger partial charge in [-0.15, -0.1) is 0 Å². The summed E-state index contributed by atoms with van der Waals surface area (Å²) in [4.78, 5) is 36.3. The van der Waals surface area contributed by atoms with Crippen LogP contribution >= 0.6 is 0 Å². The fourth-order valence-electron chi connectivity index (χ4n) is 3.45. The Morgan fingerprint density at radius 3 is 1.36 bits per heavy atom. The van der Waals surface area contributed by atoms with Crippen molar-refractivity contribution in [2.75, 3.05) is 26.4 Å². The van der Waals surface area contributed by atoms with Crippen molar-refractivity contribution in [1.82, 2.24) is 0 Å². The molecule has 0 saturated heterocycles. The standard InChI is InChI=1S/C35H36O9/c1-6-26(5)39-20-24(3)21-40-29-12-8-27(9-13-29)34(37)43-31-16-18-32(19-17-31)44-35(38)28-10-14-30(15-11-28)41-22-25(4)23-42-33(36)7-2/h6-19,24-25H,1-2,5,20-23H2,3-4H3. The van der Waals surface area contributed by atoms with Crippen molar-refractivity contribution >= 4 is 17.9 Å². The number of esters is 3. The molecule has 2 unspecified atom stereocenters. The zero-order valence-corrected chi connectivity index (χ0v) is 24.9. The van der Waals surface area contributed by atoms with E-state index >= 15 is 0 Å². The fourth-order valence-corrected chi connectivity index (χ4v) is 3.45. The van der Waals surface area contributed by atoms with Crippen LogP contribution in [-0.2, 0) is 14.3 Å². The summed E-state index contributed by atoms with van der Waals surface area (Å²) in [6, 6.07) is 19.2. The number of rotatable bonds is 17. The SMILES string of the molecule is C=CC(=C)OCC(C)COc1ccc(C(=O)Oc2ccc(OC(=O)c3ccc(OCC(C)COC(=O)C=C)cc3)cc2)cc1. The highest BCUT2D eigenvalue weighted by Gasteiger charge is 2.13. The minimum atomic E-state index is -0.558. The van der Waals surface area contributed by atoms with E-state index < -0.39 is 17.9 Å². The molecule has 0 aromatic heterocycles. The predicted molar refractivity (Wildman–Crippen MR) is 165 cm³/mol. The van der Waals surface area contributed by atoms with Crippen molar-refractivity contribution in [1.29, 1.82) is 0 Å². The van der Waals surface area contributed by atoms with E-state index in [-0.39, 0.29) is 24.2 Å². The molecule has 3 aromatic rings. The molecule has 0 saturated carbocycles. The summed E-state index contributed by atoms with van der Waals surface area (Å²) in [5.74, 6) is 0.780. The molecule has 44 heavy (non-hydrogen) atoms. The summed E-state index contributed by atoms with van der Waals surface area (Å²) in [7, 11) is 0. The highest BCUT2D eigenvalue weighted by Crippen LogP contribution is 2.22. The molecule has 0 heterocycles. The first-order chi connectivity index (χ1) is 21.2. The Hall–Kier alpha value is -5.31. The van der Waals surface area contributed by atoms with E-state index in [0.29, 0.717) is 54.0 Å². The summed E-state index contributed by atoms with van der Waals surface area (Å²) >= 11 is 0. The molecular formula is C35H36O9. The first kappa shape index (κ1) is 33.2. The average Bonchev–Trinajstić information content (AvgIpc) is 3.05. The zero-order valence-electron chi connectivity index (χ0n) is 24.9. The van der Waals surface area contributed by atoms with E-state index in [1.165, 1.54) is 24.3 Å². The van der Waals surface area contributed by atoms with Gasteiger partial charge in [0.05, 0.1) is 37.6 Å². The van der Waals surface area contributed by atoms with Crippen LogP contribution in [0.2, 0.25) is 0 Å². The van der Waals surface area contributed by atoms with Crippen LogP contribution in [0.5, 0.6) is 23.0 Å². The van der Waals surface area contributed by atoms with Gasteiger partial charge in [-0.1, -0.05) is 33.6 Å². The van der Waals surface area contributed by atoms with Crippen LogP contribution in [0.4, 0.5) is 0 Å². The summed E-state index contributed by atoms with van der Waals surface area (Å²) < 4.78 is 32.7. The van der Waals surface area contributed by atoms with Crippen molar-refractivity contribution in [2.45, 2.75) is 13.8 Å². The second kappa shape index (κ2) is 17.0. The van der Waals surface area contributed by atoms with Crippen LogP contribution in [-0.4, -0.2) is 44.3 Å². The molecule has 3 rings (SSSR count). The number of ether oxygens (including phenoxy) is 6. The third kappa shape index (κ3) is 11.2. The van der Waals surface area contributed by atoms with Gasteiger partial charge in [0.15, 0.2) is 0 Å². The smallest absolute Gasteiger partial charge is 0.343 e. The summed E-state index contributed by atoms with van der Waals surface area (Å²) in [5, 5.41) is 0. The van der Waals surface area contributed by atoms with E-state index in [2.05, 4.69) is 19.7 Å². The molecule has 0 aliphatic rings. The maximum atomic E-state index is 12.6. The largest absolute Gasteiger partial charge is 0.494 e. The maximum Gasteiger partial charge on any atom is 0.343 e. The molecular weight excluding hydrogens is 564 g/mol. The second-order valence-corrected chi connectivity index (χ2v) is 9.95. The van der Waals surface area contributed by atoms with Gasteiger partial charge in [0.25, 0.3) is 0 Å². The lowest BCUT2D eigenvalue weighted by Gasteiger charge is -2.14. The van der Waals surface area contributed by atoms with Crippen LogP contribution in [0.15, 0.2) is 110 Å². The van der Waals surface area contributed by atoms with E-state index in [1.807, 2.05) is 13.8 Å². The molecule has 0 fully saturated rings. The Morgan fingerprint density at radius 2 is 0.977 bits per heavy atom. The van der Waals surface area contributed by atoms with Gasteiger partial charge >= 0.3 is 17.9 Å². The van der Waals surface area contributed by atoms with Crippen molar-refractivity contribution < 1.29 is 42.8 Å². The molecule has 0 spiro atoms. The Morgan fingerprint density at radius 1 is 0.591 bits per heavy atom. The first-order valence-electron chi connectivity index (χ1n) is 13.9. The summed E-state index contributed by atoms with van der Waals surface area (Å²) in [6.45, 7) is 16.0. The number of hydrogen-bond donors (Lipinski definition) is 0. The van der Waals surface area contributed by atoms with Crippen molar-refractivity contribution in [3.8, 4) is 23.0 Å². The van der Waals surface area contributed by atoms with Gasteiger partial charge in [0.1, 0.15) is 28.8 Å². The molecule has 9 heteroatoms. The van der Waals surface area contributed by atoms with E-state index in [1.54, 1.807) is 54.6 Å². The lowest BCUT2D eigenvalue weighted by atomic mass is 10.2. The third-order valence-corrected chi connectivity index (χ3v) is 5.95. The average molecular weight is 601 g/mol. The van der Waals surface area contributed by atoms with Gasteiger partial charge in [0, 0.05) is 17.9 Å². The van der Waals surface area contributed by atoms with Crippen LogP contribution in [0.3, 0.4) is 0 Å². The molecule has 0 aliphatic heterocycles. The van der Waals surface area contributed by atoms with Crippen LogP contribution in [0, 0.1) is 11.8 Å². The number of allylic oxidation sites excluding steroid dienone is 1. The maximum absolute atomic E-state index is 12.6. The van der Waals surface area contributed by atoms with Gasteiger partial charge in [0.2, 0.25) is 0 Å². The van der Waals surface area contributed by atoms with E-state index in [9.17, 15) is 14.4 Å². The van der Waals surface area contributed by atoms with E-state index in [0.717, 1.165) is 6.08 Å². The molecule has 0 radical (unpaired) electrons. The number of carbonyl (C=O) groups is 3. The zero-order chi connectivity index (χ0) is 31.9. The molecule has 0 bridgehead atoms. The predicted octanol–water partition coefficient (Wildman–Crippen LogP) is 6.60. The quantitative estimate of drug-likeness (QED) is 0.0557. The Labute approximate surface area is 257 Å². The highest BCUT2D eigenvalue weighted by molar-refractivity contribution is 5.92. The van der Waals surface area contributed by atoms with Crippen molar-refractivity contribution in [3.05, 3.63) is 122 Å². The summed E-state index contributed by atoms with van der Waals surface area (Å²) in [6.07, 6.45) is 2.66. The molecule has 2 atom stereocenters. The fraction of sp³-hybridized carbons (Fsp3) is 0.229. The molecule has 9 nitrogen and oxygen atoms in total. The molecule has 0 aliphatic carbocycles. The normalized spacial score (nSPS) is 11.7. The number of benzene rings is 3. The lowest BCUT2D eigenvalue weighted by Crippen LogP contribution is -2.17. The molecule has 0 amide bonds. The van der Waals surface area contributed by atoms with Gasteiger partial charge in [-0.05, 0) is 78.9 Å². The molecule has 0 N–H and O–H groups in total. The lowest BCUT2D eigenvalue weighted by molar-refractivity contribution is -0.139. The van der Waals surface area contributed by atoms with Crippen molar-refractivity contribution in [3.63, 3.8) is 0 Å². The van der Waals surface area contributed by atoms with E-state index in [4.69, 9.17) is 28.4 Å². The van der Waals surface area contributed by atoms with Crippen LogP contribution in [0.25, 0.3) is 0 Å². The first-order valence-corrected chi connectivity index (χ1v) is 13.9. The Bertz CT molecular complexity index is 1310. The molecule has 3 aromatic carbocycles. The van der Waals surface area contributed by atoms with Crippen LogP contribution in [0.1, 0.15) is 34.6 Å².